The maximum atomic E-state index is 11.7. The van der Waals surface area contributed by atoms with Gasteiger partial charge in [-0.3, -0.25) is 10.1 Å². The number of nitrogens with one attached hydrogen (secondary N) is 1. The number of carbonyl (C=O) groups is 1. The summed E-state index contributed by atoms with van der Waals surface area (Å²) < 4.78 is 0. The van der Waals surface area contributed by atoms with Crippen LogP contribution in [0.25, 0.3) is 0 Å². The Morgan fingerprint density at radius 3 is 2.74 bits per heavy atom. The lowest BCUT2D eigenvalue weighted by atomic mass is 9.96. The Labute approximate surface area is 116 Å². The second kappa shape index (κ2) is 5.80. The highest BCUT2D eigenvalue weighted by Gasteiger charge is 2.47. The predicted molar refractivity (Wildman–Crippen MR) is 76.2 cm³/mol. The van der Waals surface area contributed by atoms with Crippen molar-refractivity contribution in [2.75, 3.05) is 13.1 Å². The topological polar surface area (TPSA) is 52.6 Å². The van der Waals surface area contributed by atoms with Crippen LogP contribution in [-0.2, 0) is 4.79 Å². The minimum Gasteiger partial charge on any atom is -0.480 e. The van der Waals surface area contributed by atoms with Crippen LogP contribution < -0.4 is 5.32 Å². The minimum atomic E-state index is -0.691. The number of hydrogen-bond donors (Lipinski definition) is 2. The van der Waals surface area contributed by atoms with Crippen molar-refractivity contribution in [3.63, 3.8) is 0 Å². The smallest absolute Gasteiger partial charge is 0.323 e. The van der Waals surface area contributed by atoms with Gasteiger partial charge in [-0.05, 0) is 52.0 Å². The molecule has 3 atom stereocenters. The highest BCUT2D eigenvalue weighted by Crippen LogP contribution is 2.36. The van der Waals surface area contributed by atoms with Crippen LogP contribution in [0, 0.1) is 5.92 Å². The third-order valence-corrected chi connectivity index (χ3v) is 4.87. The van der Waals surface area contributed by atoms with Gasteiger partial charge in [0.15, 0.2) is 0 Å². The van der Waals surface area contributed by atoms with Gasteiger partial charge in [0.1, 0.15) is 5.54 Å². The summed E-state index contributed by atoms with van der Waals surface area (Å²) in [4.78, 5) is 14.2. The Morgan fingerprint density at radius 2 is 2.21 bits per heavy atom. The predicted octanol–water partition coefficient (Wildman–Crippen LogP) is 2.09. The first-order chi connectivity index (χ1) is 8.97. The Hall–Kier alpha value is -0.610. The fraction of sp³-hybridized carbons (Fsp3) is 0.933. The molecule has 2 aliphatic rings. The van der Waals surface area contributed by atoms with Crippen LogP contribution >= 0.6 is 0 Å². The number of nitrogens with zero attached hydrogens (tertiary/aromatic N) is 1. The monoisotopic (exact) mass is 268 g/mol. The number of rotatable bonds is 5. The van der Waals surface area contributed by atoms with Crippen molar-refractivity contribution >= 4 is 5.97 Å². The second-order valence-corrected chi connectivity index (χ2v) is 6.64. The standard InChI is InChI=1S/C15H28N2O2/c1-4-12-6-8-17(10-12)13-5-7-15(9-13,14(18)19)16-11(2)3/h11-13,16H,4-10H2,1-3H3,(H,18,19). The van der Waals surface area contributed by atoms with Crippen LogP contribution in [0.4, 0.5) is 0 Å². The molecule has 2 N–H and O–H groups in total. The van der Waals surface area contributed by atoms with Crippen LogP contribution in [0.2, 0.25) is 0 Å². The summed E-state index contributed by atoms with van der Waals surface area (Å²) in [6, 6.07) is 0.677. The fourth-order valence-electron chi connectivity index (χ4n) is 3.80. The maximum absolute atomic E-state index is 11.7. The average Bonchev–Trinajstić information content (AvgIpc) is 2.94. The summed E-state index contributed by atoms with van der Waals surface area (Å²) in [7, 11) is 0. The van der Waals surface area contributed by atoms with E-state index in [-0.39, 0.29) is 6.04 Å². The molecule has 1 saturated heterocycles. The number of aliphatic carboxylic acids is 1. The minimum absolute atomic E-state index is 0.219. The molecule has 0 spiro atoms. The van der Waals surface area contributed by atoms with E-state index in [2.05, 4.69) is 17.1 Å². The molecule has 1 aliphatic heterocycles. The van der Waals surface area contributed by atoms with Gasteiger partial charge in [0, 0.05) is 18.6 Å². The van der Waals surface area contributed by atoms with Crippen molar-refractivity contribution < 1.29 is 9.90 Å². The number of carboxylic acid groups (broad SMARTS) is 1. The molecule has 2 rings (SSSR count). The zero-order valence-corrected chi connectivity index (χ0v) is 12.5. The molecule has 19 heavy (non-hydrogen) atoms. The van der Waals surface area contributed by atoms with Gasteiger partial charge in [0.25, 0.3) is 0 Å². The van der Waals surface area contributed by atoms with Crippen LogP contribution in [0.15, 0.2) is 0 Å². The first-order valence-electron chi connectivity index (χ1n) is 7.72. The van der Waals surface area contributed by atoms with Gasteiger partial charge in [-0.1, -0.05) is 13.3 Å². The number of likely N-dealkylation sites (tertiary alicyclic amines) is 1. The quantitative estimate of drug-likeness (QED) is 0.801. The summed E-state index contributed by atoms with van der Waals surface area (Å²) in [6.45, 7) is 8.63. The van der Waals surface area contributed by atoms with E-state index < -0.39 is 11.5 Å². The van der Waals surface area contributed by atoms with Crippen molar-refractivity contribution in [2.24, 2.45) is 5.92 Å². The van der Waals surface area contributed by atoms with E-state index in [0.717, 1.165) is 31.7 Å². The van der Waals surface area contributed by atoms with Gasteiger partial charge in [0.05, 0.1) is 0 Å². The molecule has 1 heterocycles. The molecule has 4 nitrogen and oxygen atoms in total. The zero-order chi connectivity index (χ0) is 14.0. The van der Waals surface area contributed by atoms with Gasteiger partial charge in [-0.15, -0.1) is 0 Å². The highest BCUT2D eigenvalue weighted by molar-refractivity contribution is 5.79. The van der Waals surface area contributed by atoms with E-state index >= 15 is 0 Å². The Morgan fingerprint density at radius 1 is 1.47 bits per heavy atom. The van der Waals surface area contributed by atoms with Crippen LogP contribution in [0.3, 0.4) is 0 Å². The van der Waals surface area contributed by atoms with Gasteiger partial charge >= 0.3 is 5.97 Å². The third-order valence-electron chi connectivity index (χ3n) is 4.87. The fourth-order valence-corrected chi connectivity index (χ4v) is 3.80. The van der Waals surface area contributed by atoms with E-state index in [0.29, 0.717) is 6.04 Å². The first kappa shape index (κ1) is 14.8. The lowest BCUT2D eigenvalue weighted by Gasteiger charge is -2.30. The van der Waals surface area contributed by atoms with E-state index in [4.69, 9.17) is 0 Å². The molecule has 0 amide bonds. The third kappa shape index (κ3) is 3.11. The molecule has 0 radical (unpaired) electrons. The van der Waals surface area contributed by atoms with E-state index in [1.54, 1.807) is 0 Å². The zero-order valence-electron chi connectivity index (χ0n) is 12.5. The SMILES string of the molecule is CCC1CCN(C2CCC(NC(C)C)(C(=O)O)C2)C1. The van der Waals surface area contributed by atoms with Crippen LogP contribution in [0.1, 0.15) is 52.9 Å². The summed E-state index contributed by atoms with van der Waals surface area (Å²) in [5.41, 5.74) is -0.691. The Kier molecular flexibility index (Phi) is 4.51. The summed E-state index contributed by atoms with van der Waals surface area (Å²) >= 11 is 0. The molecule has 2 fully saturated rings. The molecule has 0 aromatic rings. The van der Waals surface area contributed by atoms with Gasteiger partial charge in [-0.2, -0.15) is 0 Å². The molecule has 0 bridgehead atoms. The van der Waals surface area contributed by atoms with E-state index in [9.17, 15) is 9.90 Å². The first-order valence-corrected chi connectivity index (χ1v) is 7.72. The van der Waals surface area contributed by atoms with Gasteiger partial charge < -0.3 is 10.0 Å². The number of carboxylic acids is 1. The molecule has 0 aromatic carbocycles. The molecule has 1 aliphatic carbocycles. The van der Waals surface area contributed by atoms with Gasteiger partial charge in [-0.25, -0.2) is 0 Å². The molecule has 4 heteroatoms. The molecule has 3 unspecified atom stereocenters. The van der Waals surface area contributed by atoms with E-state index in [1.807, 2.05) is 13.8 Å². The summed E-state index contributed by atoms with van der Waals surface area (Å²) in [5, 5.41) is 12.9. The van der Waals surface area contributed by atoms with Crippen molar-refractivity contribution in [2.45, 2.75) is 70.5 Å². The molecule has 1 saturated carbocycles. The summed E-state index contributed by atoms with van der Waals surface area (Å²) in [6.07, 6.45) is 5.07. The molecule has 0 aromatic heterocycles. The average molecular weight is 268 g/mol. The van der Waals surface area contributed by atoms with Crippen LogP contribution in [0.5, 0.6) is 0 Å². The van der Waals surface area contributed by atoms with Crippen molar-refractivity contribution in [1.82, 2.24) is 10.2 Å². The molecular formula is C15H28N2O2. The normalized spacial score (nSPS) is 36.2. The van der Waals surface area contributed by atoms with Crippen molar-refractivity contribution in [3.05, 3.63) is 0 Å². The lowest BCUT2D eigenvalue weighted by Crippen LogP contribution is -2.53. The lowest BCUT2D eigenvalue weighted by molar-refractivity contribution is -0.145. The van der Waals surface area contributed by atoms with E-state index in [1.165, 1.54) is 19.4 Å². The van der Waals surface area contributed by atoms with Crippen LogP contribution in [-0.4, -0.2) is 46.7 Å². The molecule has 110 valence electrons. The van der Waals surface area contributed by atoms with Crippen molar-refractivity contribution in [1.29, 1.82) is 0 Å². The highest BCUT2D eigenvalue weighted by atomic mass is 16.4. The maximum Gasteiger partial charge on any atom is 0.323 e. The Bertz CT molecular complexity index is 332. The number of hydrogen-bond acceptors (Lipinski definition) is 3. The summed E-state index contributed by atoms with van der Waals surface area (Å²) in [5.74, 6) is 0.146. The molecular weight excluding hydrogens is 240 g/mol. The van der Waals surface area contributed by atoms with Crippen molar-refractivity contribution in [3.8, 4) is 0 Å². The largest absolute Gasteiger partial charge is 0.480 e. The van der Waals surface area contributed by atoms with Gasteiger partial charge in [0.2, 0.25) is 0 Å². The second-order valence-electron chi connectivity index (χ2n) is 6.64. The Balaban J connectivity index is 1.99.